The number of nitrogens with zero attached hydrogens (tertiary/aromatic N) is 4. The van der Waals surface area contributed by atoms with E-state index in [9.17, 15) is 32.7 Å². The third-order valence-electron chi connectivity index (χ3n) is 6.92. The predicted molar refractivity (Wildman–Crippen MR) is 130 cm³/mol. The Bertz CT molecular complexity index is 1380. The molecular formula is C25H25F3N6O4. The van der Waals surface area contributed by atoms with Crippen LogP contribution in [0.2, 0.25) is 0 Å². The van der Waals surface area contributed by atoms with Gasteiger partial charge in [-0.25, -0.2) is 19.4 Å². The number of para-hydroxylation sites is 3. The number of likely N-dealkylation sites (tertiary alicyclic amines) is 1. The number of imidazole rings is 1. The highest BCUT2D eigenvalue weighted by atomic mass is 19.4. The largest absolute Gasteiger partial charge is 0.480 e. The molecule has 1 fully saturated rings. The number of fused-ring (bicyclic) bond motifs is 2. The molecule has 1 atom stereocenters. The molecule has 0 aliphatic carbocycles. The molecule has 5 rings (SSSR count). The van der Waals surface area contributed by atoms with Crippen LogP contribution in [0.5, 0.6) is 0 Å². The van der Waals surface area contributed by atoms with Crippen LogP contribution in [-0.2, 0) is 24.1 Å². The topological polar surface area (TPSA) is 120 Å². The fraction of sp³-hybridized carbons (Fsp3) is 0.360. The number of rotatable bonds is 5. The Balaban J connectivity index is 1.25. The maximum Gasteiger partial charge on any atom is 0.449 e. The Hall–Kier alpha value is -4.29. The second-order valence-electron chi connectivity index (χ2n) is 9.31. The summed E-state index contributed by atoms with van der Waals surface area (Å²) in [5.74, 6) is -2.70. The Labute approximate surface area is 215 Å². The molecule has 1 aromatic heterocycles. The minimum atomic E-state index is -4.81. The number of hydrogen-bond donors (Lipinski definition) is 3. The number of aliphatic carboxylic acids is 1. The molecule has 200 valence electrons. The van der Waals surface area contributed by atoms with Crippen molar-refractivity contribution in [3.63, 3.8) is 0 Å². The van der Waals surface area contributed by atoms with Gasteiger partial charge in [0.1, 0.15) is 6.04 Å². The smallest absolute Gasteiger partial charge is 0.449 e. The van der Waals surface area contributed by atoms with Gasteiger partial charge < -0.3 is 30.1 Å². The van der Waals surface area contributed by atoms with Gasteiger partial charge in [-0.15, -0.1) is 0 Å². The number of hydrogen-bond acceptors (Lipinski definition) is 4. The van der Waals surface area contributed by atoms with Gasteiger partial charge in [0.25, 0.3) is 0 Å². The second-order valence-corrected chi connectivity index (χ2v) is 9.31. The first-order valence-electron chi connectivity index (χ1n) is 12.1. The number of carbonyl (C=O) groups excluding carboxylic acids is 2. The molecule has 38 heavy (non-hydrogen) atoms. The Morgan fingerprint density at radius 2 is 1.79 bits per heavy atom. The Kier molecular flexibility index (Phi) is 6.59. The molecule has 10 nitrogen and oxygen atoms in total. The van der Waals surface area contributed by atoms with Gasteiger partial charge in [-0.1, -0.05) is 30.3 Å². The summed E-state index contributed by atoms with van der Waals surface area (Å²) in [4.78, 5) is 44.2. The van der Waals surface area contributed by atoms with Crippen molar-refractivity contribution in [1.82, 2.24) is 24.7 Å². The van der Waals surface area contributed by atoms with E-state index in [1.807, 2.05) is 24.3 Å². The van der Waals surface area contributed by atoms with Crippen molar-refractivity contribution in [2.24, 2.45) is 0 Å². The van der Waals surface area contributed by atoms with E-state index in [1.165, 1.54) is 29.2 Å². The minimum absolute atomic E-state index is 0.0711. The van der Waals surface area contributed by atoms with Crippen LogP contribution in [0.1, 0.15) is 24.2 Å². The molecule has 2 aliphatic rings. The summed E-state index contributed by atoms with van der Waals surface area (Å²) in [7, 11) is 0. The SMILES string of the molecule is O=C(O)[C@@H](Cn1c(C(F)(F)F)nc2ccccc21)NC(=O)N1CCC(N2Cc3ccccc3NC2=O)CC1. The molecule has 13 heteroatoms. The van der Waals surface area contributed by atoms with Crippen LogP contribution in [-0.4, -0.2) is 67.7 Å². The number of carbonyl (C=O) groups is 3. The molecular weight excluding hydrogens is 505 g/mol. The van der Waals surface area contributed by atoms with Gasteiger partial charge in [0, 0.05) is 31.4 Å². The average Bonchev–Trinajstić information content (AvgIpc) is 3.27. The predicted octanol–water partition coefficient (Wildman–Crippen LogP) is 3.73. The quantitative estimate of drug-likeness (QED) is 0.465. The molecule has 0 spiro atoms. The summed E-state index contributed by atoms with van der Waals surface area (Å²) in [5.41, 5.74) is 1.94. The molecule has 0 radical (unpaired) electrons. The summed E-state index contributed by atoms with van der Waals surface area (Å²) in [6, 6.07) is 10.7. The van der Waals surface area contributed by atoms with Gasteiger partial charge >= 0.3 is 24.2 Å². The molecule has 3 N–H and O–H groups in total. The van der Waals surface area contributed by atoms with Crippen molar-refractivity contribution < 1.29 is 32.7 Å². The van der Waals surface area contributed by atoms with Crippen molar-refractivity contribution in [2.75, 3.05) is 18.4 Å². The maximum absolute atomic E-state index is 13.6. The lowest BCUT2D eigenvalue weighted by atomic mass is 10.0. The van der Waals surface area contributed by atoms with E-state index in [-0.39, 0.29) is 36.2 Å². The number of amides is 4. The normalized spacial score (nSPS) is 17.2. The van der Waals surface area contributed by atoms with Gasteiger partial charge in [0.15, 0.2) is 0 Å². The number of piperidine rings is 1. The highest BCUT2D eigenvalue weighted by molar-refractivity contribution is 5.92. The number of anilines is 1. The van der Waals surface area contributed by atoms with E-state index < -0.39 is 36.6 Å². The molecule has 0 bridgehead atoms. The van der Waals surface area contributed by atoms with Crippen molar-refractivity contribution in [3.8, 4) is 0 Å². The van der Waals surface area contributed by atoms with Crippen molar-refractivity contribution in [3.05, 3.63) is 59.9 Å². The molecule has 3 heterocycles. The van der Waals surface area contributed by atoms with E-state index in [2.05, 4.69) is 15.6 Å². The lowest BCUT2D eigenvalue weighted by Gasteiger charge is -2.40. The summed E-state index contributed by atoms with van der Waals surface area (Å²) in [5, 5.41) is 14.9. The van der Waals surface area contributed by atoms with E-state index in [4.69, 9.17) is 0 Å². The first-order valence-corrected chi connectivity index (χ1v) is 12.1. The van der Waals surface area contributed by atoms with Crippen molar-refractivity contribution >= 4 is 34.8 Å². The van der Waals surface area contributed by atoms with Crippen LogP contribution >= 0.6 is 0 Å². The number of nitrogens with one attached hydrogen (secondary N) is 2. The van der Waals surface area contributed by atoms with Crippen molar-refractivity contribution in [2.45, 2.75) is 44.2 Å². The molecule has 4 amide bonds. The highest BCUT2D eigenvalue weighted by Gasteiger charge is 2.39. The molecule has 0 unspecified atom stereocenters. The van der Waals surface area contributed by atoms with Gasteiger partial charge in [0.05, 0.1) is 17.6 Å². The molecule has 1 saturated heterocycles. The number of urea groups is 2. The number of alkyl halides is 3. The van der Waals surface area contributed by atoms with Crippen LogP contribution in [0.4, 0.5) is 28.4 Å². The first-order chi connectivity index (χ1) is 18.1. The fourth-order valence-electron chi connectivity index (χ4n) is 4.98. The summed E-state index contributed by atoms with van der Waals surface area (Å²) in [6.07, 6.45) is -3.86. The number of halogens is 3. The number of aromatic nitrogens is 2. The van der Waals surface area contributed by atoms with Crippen LogP contribution < -0.4 is 10.6 Å². The molecule has 3 aromatic rings. The lowest BCUT2D eigenvalue weighted by molar-refractivity contribution is -0.148. The Morgan fingerprint density at radius 3 is 2.50 bits per heavy atom. The van der Waals surface area contributed by atoms with E-state index in [0.717, 1.165) is 15.8 Å². The number of carboxylic acids is 1. The summed E-state index contributed by atoms with van der Waals surface area (Å²) in [6.45, 7) is 0.312. The summed E-state index contributed by atoms with van der Waals surface area (Å²) < 4.78 is 41.7. The zero-order valence-electron chi connectivity index (χ0n) is 20.1. The number of carboxylic acid groups (broad SMARTS) is 1. The van der Waals surface area contributed by atoms with Gasteiger partial charge in [-0.3, -0.25) is 0 Å². The van der Waals surface area contributed by atoms with Crippen LogP contribution in [0.25, 0.3) is 11.0 Å². The van der Waals surface area contributed by atoms with Gasteiger partial charge in [-0.05, 0) is 36.6 Å². The third kappa shape index (κ3) is 4.95. The lowest BCUT2D eigenvalue weighted by Crippen LogP contribution is -2.55. The van der Waals surface area contributed by atoms with E-state index >= 15 is 0 Å². The highest BCUT2D eigenvalue weighted by Crippen LogP contribution is 2.32. The monoisotopic (exact) mass is 530 g/mol. The van der Waals surface area contributed by atoms with Gasteiger partial charge in [0.2, 0.25) is 5.82 Å². The van der Waals surface area contributed by atoms with Crippen LogP contribution in [0.15, 0.2) is 48.5 Å². The maximum atomic E-state index is 13.6. The second kappa shape index (κ2) is 9.88. The molecule has 2 aromatic carbocycles. The molecule has 0 saturated carbocycles. The zero-order chi connectivity index (χ0) is 27.0. The van der Waals surface area contributed by atoms with E-state index in [0.29, 0.717) is 19.4 Å². The summed E-state index contributed by atoms with van der Waals surface area (Å²) >= 11 is 0. The number of benzene rings is 2. The van der Waals surface area contributed by atoms with Crippen molar-refractivity contribution in [1.29, 1.82) is 0 Å². The van der Waals surface area contributed by atoms with Crippen LogP contribution in [0.3, 0.4) is 0 Å². The average molecular weight is 531 g/mol. The van der Waals surface area contributed by atoms with Gasteiger partial charge in [-0.2, -0.15) is 13.2 Å². The standard InChI is InChI=1S/C25H25F3N6O4/c26-25(27,28)22-29-18-7-3-4-8-20(18)34(22)14-19(21(35)36)31-23(37)32-11-9-16(10-12-32)33-13-15-5-1-2-6-17(15)30-24(33)38/h1-8,16,19H,9-14H2,(H,30,38)(H,31,37)(H,35,36)/t19-/m1/s1. The van der Waals surface area contributed by atoms with E-state index in [1.54, 1.807) is 4.90 Å². The minimum Gasteiger partial charge on any atom is -0.480 e. The first kappa shape index (κ1) is 25.4. The molecule has 2 aliphatic heterocycles. The fourth-order valence-corrected chi connectivity index (χ4v) is 4.98. The van der Waals surface area contributed by atoms with Crippen LogP contribution in [0, 0.1) is 0 Å². The Morgan fingerprint density at radius 1 is 1.11 bits per heavy atom. The third-order valence-corrected chi connectivity index (χ3v) is 6.92. The zero-order valence-corrected chi connectivity index (χ0v) is 20.1.